The van der Waals surface area contributed by atoms with Crippen molar-refractivity contribution in [3.63, 3.8) is 0 Å². The van der Waals surface area contributed by atoms with Crippen LogP contribution >= 0.6 is 0 Å². The van der Waals surface area contributed by atoms with Crippen LogP contribution in [0.1, 0.15) is 18.2 Å². The van der Waals surface area contributed by atoms with Crippen LogP contribution < -0.4 is 11.0 Å². The summed E-state index contributed by atoms with van der Waals surface area (Å²) >= 11 is 0. The van der Waals surface area contributed by atoms with Crippen molar-refractivity contribution in [2.45, 2.75) is 20.4 Å². The summed E-state index contributed by atoms with van der Waals surface area (Å²) in [5.41, 5.74) is 4.13. The van der Waals surface area contributed by atoms with Crippen LogP contribution in [-0.4, -0.2) is 20.6 Å². The van der Waals surface area contributed by atoms with E-state index in [1.165, 1.54) is 0 Å². The summed E-state index contributed by atoms with van der Waals surface area (Å²) in [6.45, 7) is 4.22. The molecule has 0 spiro atoms. The highest BCUT2D eigenvalue weighted by atomic mass is 16.5. The molecule has 0 unspecified atom stereocenters. The monoisotopic (exact) mass is 272 g/mol. The van der Waals surface area contributed by atoms with Crippen LogP contribution in [-0.2, 0) is 6.54 Å². The van der Waals surface area contributed by atoms with Crippen molar-refractivity contribution in [1.82, 2.24) is 15.0 Å². The zero-order chi connectivity index (χ0) is 14.7. The summed E-state index contributed by atoms with van der Waals surface area (Å²) in [5, 5.41) is 16.5. The third-order valence-electron chi connectivity index (χ3n) is 3.25. The van der Waals surface area contributed by atoms with E-state index in [1.807, 2.05) is 26.0 Å². The Hall–Kier alpha value is -2.47. The number of nitrogens with one attached hydrogen (secondary N) is 2. The third-order valence-corrected chi connectivity index (χ3v) is 3.25. The van der Waals surface area contributed by atoms with Gasteiger partial charge in [0.25, 0.3) is 5.56 Å². The largest absolute Gasteiger partial charge is 0.312 e. The second-order valence-electron chi connectivity index (χ2n) is 4.33. The number of rotatable bonds is 3. The fourth-order valence-corrected chi connectivity index (χ4v) is 2.20. The second kappa shape index (κ2) is 5.66. The van der Waals surface area contributed by atoms with E-state index in [2.05, 4.69) is 4.98 Å². The molecule has 0 radical (unpaired) electrons. The van der Waals surface area contributed by atoms with E-state index in [-0.39, 0.29) is 17.0 Å². The first-order chi connectivity index (χ1) is 9.60. The summed E-state index contributed by atoms with van der Waals surface area (Å²) in [6, 6.07) is 5.30. The van der Waals surface area contributed by atoms with Gasteiger partial charge in [0.1, 0.15) is 0 Å². The van der Waals surface area contributed by atoms with Crippen molar-refractivity contribution in [3.05, 3.63) is 52.2 Å². The van der Waals surface area contributed by atoms with E-state index < -0.39 is 0 Å². The molecule has 3 N–H and O–H groups in total. The van der Waals surface area contributed by atoms with Crippen molar-refractivity contribution in [2.24, 2.45) is 0 Å². The number of hydrogen-bond donors (Lipinski definition) is 3. The first kappa shape index (κ1) is 14.0. The van der Waals surface area contributed by atoms with E-state index in [1.54, 1.807) is 28.5 Å². The number of nitrogens with zero attached hydrogens (tertiary/aromatic N) is 2. The summed E-state index contributed by atoms with van der Waals surface area (Å²) < 4.78 is 1.58. The van der Waals surface area contributed by atoms with Gasteiger partial charge < -0.3 is 4.57 Å². The van der Waals surface area contributed by atoms with Crippen LogP contribution in [0.4, 0.5) is 0 Å². The SMILES string of the molecule is CCn1c(C)c(-c2ccncc2)cc(C(=N)NO)c1=O. The molecule has 2 aromatic rings. The number of aromatic nitrogens is 2. The Bertz CT molecular complexity index is 692. The van der Waals surface area contributed by atoms with Crippen molar-refractivity contribution < 1.29 is 5.21 Å². The molecule has 0 aliphatic heterocycles. The molecule has 0 bridgehead atoms. The highest BCUT2D eigenvalue weighted by molar-refractivity contribution is 5.96. The first-order valence-corrected chi connectivity index (χ1v) is 6.24. The van der Waals surface area contributed by atoms with Gasteiger partial charge in [-0.05, 0) is 37.6 Å². The molecule has 2 rings (SSSR count). The molecule has 104 valence electrons. The van der Waals surface area contributed by atoms with Gasteiger partial charge in [-0.2, -0.15) is 0 Å². The van der Waals surface area contributed by atoms with Crippen LogP contribution in [0.25, 0.3) is 11.1 Å². The van der Waals surface area contributed by atoms with Gasteiger partial charge in [0.2, 0.25) is 0 Å². The quantitative estimate of drug-likeness (QED) is 0.449. The summed E-state index contributed by atoms with van der Waals surface area (Å²) in [6.07, 6.45) is 3.34. The lowest BCUT2D eigenvalue weighted by atomic mass is 10.0. The van der Waals surface area contributed by atoms with Gasteiger partial charge in [0, 0.05) is 30.2 Å². The minimum atomic E-state index is -0.312. The number of hydrogen-bond acceptors (Lipinski definition) is 4. The van der Waals surface area contributed by atoms with Crippen LogP contribution in [0, 0.1) is 12.3 Å². The number of pyridine rings is 2. The normalized spacial score (nSPS) is 10.3. The van der Waals surface area contributed by atoms with Gasteiger partial charge in [-0.3, -0.25) is 25.9 Å². The molecule has 20 heavy (non-hydrogen) atoms. The van der Waals surface area contributed by atoms with E-state index in [4.69, 9.17) is 10.6 Å². The van der Waals surface area contributed by atoms with Gasteiger partial charge in [-0.15, -0.1) is 0 Å². The Morgan fingerprint density at radius 2 is 2.10 bits per heavy atom. The topological polar surface area (TPSA) is 91.0 Å². The minimum absolute atomic E-state index is 0.131. The lowest BCUT2D eigenvalue weighted by Crippen LogP contribution is -2.32. The van der Waals surface area contributed by atoms with Crippen molar-refractivity contribution in [3.8, 4) is 11.1 Å². The van der Waals surface area contributed by atoms with Crippen molar-refractivity contribution >= 4 is 5.84 Å². The Kier molecular flexibility index (Phi) is 3.95. The Morgan fingerprint density at radius 1 is 1.45 bits per heavy atom. The van der Waals surface area contributed by atoms with E-state index in [9.17, 15) is 4.79 Å². The van der Waals surface area contributed by atoms with E-state index in [0.717, 1.165) is 16.8 Å². The molecular formula is C14H16N4O2. The molecule has 0 saturated heterocycles. The zero-order valence-electron chi connectivity index (χ0n) is 11.3. The maximum atomic E-state index is 12.3. The maximum absolute atomic E-state index is 12.3. The Labute approximate surface area is 116 Å². The average Bonchev–Trinajstić information content (AvgIpc) is 2.48. The molecule has 0 saturated carbocycles. The molecule has 6 nitrogen and oxygen atoms in total. The smallest absolute Gasteiger partial charge is 0.261 e. The van der Waals surface area contributed by atoms with Gasteiger partial charge in [-0.25, -0.2) is 0 Å². The molecular weight excluding hydrogens is 256 g/mol. The lowest BCUT2D eigenvalue weighted by molar-refractivity contribution is 0.234. The predicted octanol–water partition coefficient (Wildman–Crippen LogP) is 1.54. The minimum Gasteiger partial charge on any atom is -0.312 e. The predicted molar refractivity (Wildman–Crippen MR) is 76.1 cm³/mol. The average molecular weight is 272 g/mol. The Morgan fingerprint density at radius 3 is 2.65 bits per heavy atom. The van der Waals surface area contributed by atoms with Crippen LogP contribution in [0.2, 0.25) is 0 Å². The second-order valence-corrected chi connectivity index (χ2v) is 4.33. The van der Waals surface area contributed by atoms with Gasteiger partial charge >= 0.3 is 0 Å². The molecule has 0 aliphatic carbocycles. The van der Waals surface area contributed by atoms with Crippen LogP contribution in [0.15, 0.2) is 35.4 Å². The summed E-state index contributed by atoms with van der Waals surface area (Å²) in [5.74, 6) is -0.312. The van der Waals surface area contributed by atoms with Crippen LogP contribution in [0.5, 0.6) is 0 Å². The van der Waals surface area contributed by atoms with Gasteiger partial charge in [-0.1, -0.05) is 0 Å². The van der Waals surface area contributed by atoms with Crippen LogP contribution in [0.3, 0.4) is 0 Å². The molecule has 2 heterocycles. The highest BCUT2D eigenvalue weighted by Gasteiger charge is 2.15. The number of hydroxylamine groups is 1. The standard InChI is InChI=1S/C14H16N4O2/c1-3-18-9(2)11(10-4-6-16-7-5-10)8-12(14(18)19)13(15)17-20/h4-8,20H,3H2,1-2H3,(H2,15,17). The first-order valence-electron chi connectivity index (χ1n) is 6.24. The third kappa shape index (κ3) is 2.33. The molecule has 6 heteroatoms. The van der Waals surface area contributed by atoms with E-state index >= 15 is 0 Å². The maximum Gasteiger partial charge on any atom is 0.261 e. The number of amidine groups is 1. The zero-order valence-corrected chi connectivity index (χ0v) is 11.3. The molecule has 0 amide bonds. The summed E-state index contributed by atoms with van der Waals surface area (Å²) in [4.78, 5) is 16.2. The highest BCUT2D eigenvalue weighted by Crippen LogP contribution is 2.22. The fourth-order valence-electron chi connectivity index (χ4n) is 2.20. The molecule has 0 aromatic carbocycles. The molecule has 0 fully saturated rings. The molecule has 0 atom stereocenters. The summed E-state index contributed by atoms with van der Waals surface area (Å²) in [7, 11) is 0. The van der Waals surface area contributed by atoms with Crippen molar-refractivity contribution in [1.29, 1.82) is 5.41 Å². The van der Waals surface area contributed by atoms with E-state index in [0.29, 0.717) is 6.54 Å². The lowest BCUT2D eigenvalue weighted by Gasteiger charge is -2.15. The van der Waals surface area contributed by atoms with Crippen molar-refractivity contribution in [2.75, 3.05) is 0 Å². The Balaban J connectivity index is 2.76. The molecule has 2 aromatic heterocycles. The fraction of sp³-hybridized carbons (Fsp3) is 0.214. The molecule has 0 aliphatic rings. The van der Waals surface area contributed by atoms with Gasteiger partial charge in [0.05, 0.1) is 5.56 Å². The van der Waals surface area contributed by atoms with Gasteiger partial charge in [0.15, 0.2) is 5.84 Å².